The molecule has 4 heterocycles. The quantitative estimate of drug-likeness (QED) is 0.430. The van der Waals surface area contributed by atoms with Crippen LogP contribution >= 0.6 is 0 Å². The molecule has 1 saturated heterocycles. The van der Waals surface area contributed by atoms with Gasteiger partial charge in [0.2, 0.25) is 11.9 Å². The Kier molecular flexibility index (Phi) is 5.98. The minimum atomic E-state index is -1.71. The lowest BCUT2D eigenvalue weighted by atomic mass is 9.95. The van der Waals surface area contributed by atoms with E-state index in [9.17, 15) is 8.78 Å². The number of halogens is 2. The molecule has 9 nitrogen and oxygen atoms in total. The van der Waals surface area contributed by atoms with E-state index >= 15 is 0 Å². The lowest BCUT2D eigenvalue weighted by Gasteiger charge is -2.35. The molecule has 1 fully saturated rings. The molecule has 180 valence electrons. The molecule has 3 N–H and O–H groups in total. The summed E-state index contributed by atoms with van der Waals surface area (Å²) in [4.78, 5) is 19.2. The van der Waals surface area contributed by atoms with Crippen LogP contribution in [-0.2, 0) is 7.05 Å². The largest absolute Gasteiger partial charge is 0.368 e. The molecule has 5 rings (SSSR count). The summed E-state index contributed by atoms with van der Waals surface area (Å²) in [6.45, 7) is -0.0612. The number of pyridine rings is 1. The molecular weight excluding hydrogens is 452 g/mol. The number of aromatic nitrogens is 6. The molecule has 35 heavy (non-hydrogen) atoms. The van der Waals surface area contributed by atoms with Crippen molar-refractivity contribution in [3.63, 3.8) is 0 Å². The third-order valence-electron chi connectivity index (χ3n) is 6.10. The number of aryl methyl sites for hydroxylation is 1. The fourth-order valence-electron chi connectivity index (χ4n) is 3.98. The van der Waals surface area contributed by atoms with Crippen molar-refractivity contribution in [1.82, 2.24) is 29.7 Å². The molecule has 0 radical (unpaired) electrons. The van der Waals surface area contributed by atoms with Crippen LogP contribution in [0.3, 0.4) is 0 Å². The number of anilines is 4. The Balaban J connectivity index is 1.26. The van der Waals surface area contributed by atoms with Crippen LogP contribution < -0.4 is 16.0 Å². The average molecular weight is 478 g/mol. The molecule has 11 heteroatoms. The minimum absolute atomic E-state index is 0.165. The number of nitrogens with two attached hydrogens (primary N) is 1. The zero-order valence-electron chi connectivity index (χ0n) is 19.2. The molecular formula is C24H25F2N9. The number of nitrogen functional groups attached to an aromatic ring is 1. The van der Waals surface area contributed by atoms with Crippen LogP contribution in [0.4, 0.5) is 32.2 Å². The number of hydrogen-bond acceptors (Lipinski definition) is 8. The summed E-state index contributed by atoms with van der Waals surface area (Å²) >= 11 is 0. The van der Waals surface area contributed by atoms with E-state index in [1.807, 2.05) is 41.3 Å². The molecule has 4 aromatic rings. The third-order valence-corrected chi connectivity index (χ3v) is 6.10. The number of piperidine rings is 1. The van der Waals surface area contributed by atoms with E-state index in [1.165, 1.54) is 0 Å². The molecule has 0 spiro atoms. The summed E-state index contributed by atoms with van der Waals surface area (Å²) < 4.78 is 28.7. The highest BCUT2D eigenvalue weighted by Gasteiger charge is 2.35. The van der Waals surface area contributed by atoms with Gasteiger partial charge in [0, 0.05) is 62.2 Å². The van der Waals surface area contributed by atoms with E-state index in [-0.39, 0.29) is 18.8 Å². The monoisotopic (exact) mass is 477 g/mol. The lowest BCUT2D eigenvalue weighted by Crippen LogP contribution is -2.43. The van der Waals surface area contributed by atoms with Gasteiger partial charge in [0.05, 0.1) is 5.69 Å². The second kappa shape index (κ2) is 9.24. The predicted molar refractivity (Wildman–Crippen MR) is 131 cm³/mol. The van der Waals surface area contributed by atoms with Crippen LogP contribution in [0.1, 0.15) is 12.8 Å². The molecule has 0 saturated carbocycles. The van der Waals surface area contributed by atoms with E-state index in [0.29, 0.717) is 24.9 Å². The maximum atomic E-state index is 14.1. The minimum Gasteiger partial charge on any atom is -0.368 e. The second-order valence-electron chi connectivity index (χ2n) is 8.56. The van der Waals surface area contributed by atoms with E-state index in [1.54, 1.807) is 30.2 Å². The fourth-order valence-corrected chi connectivity index (χ4v) is 3.98. The highest BCUT2D eigenvalue weighted by molar-refractivity contribution is 5.66. The molecule has 0 aliphatic carbocycles. The molecule has 0 amide bonds. The summed E-state index contributed by atoms with van der Waals surface area (Å²) in [6.07, 6.45) is 3.65. The maximum absolute atomic E-state index is 14.1. The number of rotatable bonds is 6. The van der Waals surface area contributed by atoms with Gasteiger partial charge >= 0.3 is 0 Å². The lowest BCUT2D eigenvalue weighted by molar-refractivity contribution is 0.0895. The second-order valence-corrected chi connectivity index (χ2v) is 8.56. The first kappa shape index (κ1) is 22.6. The highest BCUT2D eigenvalue weighted by Crippen LogP contribution is 2.30. The van der Waals surface area contributed by atoms with Crippen LogP contribution in [0.2, 0.25) is 0 Å². The number of benzene rings is 1. The SMILES string of the molecule is Cn1nc(-c2ccc(N3CCC(F)(CF)CC3)nc2)nc1Nc1ccc(-c2ccnc(N)n2)cc1. The van der Waals surface area contributed by atoms with Crippen molar-refractivity contribution in [2.24, 2.45) is 7.05 Å². The average Bonchev–Trinajstić information content (AvgIpc) is 3.25. The first-order valence-electron chi connectivity index (χ1n) is 11.3. The molecule has 0 unspecified atom stereocenters. The summed E-state index contributed by atoms with van der Waals surface area (Å²) in [5.41, 5.74) is 7.23. The van der Waals surface area contributed by atoms with Crippen molar-refractivity contribution in [3.05, 3.63) is 54.9 Å². The summed E-state index contributed by atoms with van der Waals surface area (Å²) in [7, 11) is 1.81. The van der Waals surface area contributed by atoms with Crippen molar-refractivity contribution in [1.29, 1.82) is 0 Å². The van der Waals surface area contributed by atoms with Gasteiger partial charge in [-0.2, -0.15) is 4.98 Å². The fraction of sp³-hybridized carbons (Fsp3) is 0.292. The standard InChI is InChI=1S/C24H25F2N9/c1-34-23(30-18-5-2-16(3-6-18)19-8-11-28-22(27)31-19)32-21(33-34)17-4-7-20(29-14-17)35-12-9-24(26,15-25)10-13-35/h2-8,11,14H,9-10,12-13,15H2,1H3,(H2,27,28,31)(H,30,32,33). The van der Waals surface area contributed by atoms with Gasteiger partial charge < -0.3 is 16.0 Å². The van der Waals surface area contributed by atoms with Gasteiger partial charge in [0.25, 0.3) is 0 Å². The Bertz CT molecular complexity index is 1300. The molecule has 1 aromatic carbocycles. The Morgan fingerprint density at radius 2 is 1.74 bits per heavy atom. The van der Waals surface area contributed by atoms with E-state index in [0.717, 1.165) is 28.3 Å². The normalized spacial score (nSPS) is 15.2. The summed E-state index contributed by atoms with van der Waals surface area (Å²) in [6, 6.07) is 13.3. The number of alkyl halides is 2. The topological polar surface area (TPSA) is 111 Å². The third kappa shape index (κ3) is 4.88. The first-order valence-corrected chi connectivity index (χ1v) is 11.3. The number of hydrogen-bond donors (Lipinski definition) is 2. The Labute approximate surface area is 201 Å². The predicted octanol–water partition coefficient (Wildman–Crippen LogP) is 3.94. The van der Waals surface area contributed by atoms with Gasteiger partial charge in [-0.1, -0.05) is 12.1 Å². The number of nitrogens with zero attached hydrogens (tertiary/aromatic N) is 7. The Morgan fingerprint density at radius 3 is 2.40 bits per heavy atom. The van der Waals surface area contributed by atoms with Crippen molar-refractivity contribution < 1.29 is 8.78 Å². The van der Waals surface area contributed by atoms with Crippen LogP contribution in [0.5, 0.6) is 0 Å². The van der Waals surface area contributed by atoms with Gasteiger partial charge in [0.1, 0.15) is 18.2 Å². The van der Waals surface area contributed by atoms with Gasteiger partial charge in [-0.3, -0.25) is 0 Å². The van der Waals surface area contributed by atoms with Crippen molar-refractivity contribution >= 4 is 23.4 Å². The van der Waals surface area contributed by atoms with Crippen LogP contribution in [0.15, 0.2) is 54.9 Å². The molecule has 0 atom stereocenters. The van der Waals surface area contributed by atoms with Crippen molar-refractivity contribution in [2.75, 3.05) is 35.7 Å². The molecule has 0 bridgehead atoms. The van der Waals surface area contributed by atoms with Crippen LogP contribution in [0.25, 0.3) is 22.6 Å². The van der Waals surface area contributed by atoms with Crippen LogP contribution in [-0.4, -0.2) is 55.1 Å². The Hall–Kier alpha value is -4.15. The first-order chi connectivity index (χ1) is 16.9. The summed E-state index contributed by atoms with van der Waals surface area (Å²) in [5.74, 6) is 2.06. The zero-order valence-corrected chi connectivity index (χ0v) is 19.2. The summed E-state index contributed by atoms with van der Waals surface area (Å²) in [5, 5.41) is 7.76. The number of nitrogens with one attached hydrogen (secondary N) is 1. The van der Waals surface area contributed by atoms with Gasteiger partial charge in [-0.05, 0) is 30.3 Å². The van der Waals surface area contributed by atoms with E-state index < -0.39 is 12.3 Å². The molecule has 1 aliphatic heterocycles. The molecule has 1 aliphatic rings. The van der Waals surface area contributed by atoms with Gasteiger partial charge in [0.15, 0.2) is 5.82 Å². The van der Waals surface area contributed by atoms with Crippen LogP contribution in [0, 0.1) is 0 Å². The van der Waals surface area contributed by atoms with E-state index in [4.69, 9.17) is 5.73 Å². The zero-order chi connectivity index (χ0) is 24.4. The maximum Gasteiger partial charge on any atom is 0.225 e. The van der Waals surface area contributed by atoms with E-state index in [2.05, 4.69) is 30.4 Å². The van der Waals surface area contributed by atoms with Crippen molar-refractivity contribution in [2.45, 2.75) is 18.5 Å². The molecule has 3 aromatic heterocycles. The van der Waals surface area contributed by atoms with Crippen molar-refractivity contribution in [3.8, 4) is 22.6 Å². The smallest absolute Gasteiger partial charge is 0.225 e. The highest BCUT2D eigenvalue weighted by atomic mass is 19.2. The van der Waals surface area contributed by atoms with Gasteiger partial charge in [-0.15, -0.1) is 5.10 Å². The van der Waals surface area contributed by atoms with Gasteiger partial charge in [-0.25, -0.2) is 28.4 Å². The Morgan fingerprint density at radius 1 is 1.00 bits per heavy atom.